The number of aromatic nitrogens is 3. The molecule has 3 aromatic heterocycles. The van der Waals surface area contributed by atoms with Crippen molar-refractivity contribution in [3.05, 3.63) is 115 Å². The first-order valence-electron chi connectivity index (χ1n) is 12.0. The molecule has 0 aliphatic rings. The Balaban J connectivity index is 1.55. The minimum absolute atomic E-state index is 0.658. The summed E-state index contributed by atoms with van der Waals surface area (Å²) in [4.78, 5) is 10.2. The van der Waals surface area contributed by atoms with Crippen LogP contribution in [0.4, 0.5) is 0 Å². The van der Waals surface area contributed by atoms with Crippen molar-refractivity contribution in [2.45, 2.75) is 0 Å². The summed E-state index contributed by atoms with van der Waals surface area (Å²) in [5, 5.41) is 5.60. The zero-order chi connectivity index (χ0) is 23.6. The average Bonchev–Trinajstić information content (AvgIpc) is 3.48. The van der Waals surface area contributed by atoms with Gasteiger partial charge in [-0.15, -0.1) is 0 Å². The molecular weight excluding hydrogens is 442 g/mol. The van der Waals surface area contributed by atoms with Crippen LogP contribution in [0.15, 0.2) is 120 Å². The molecule has 8 aromatic rings. The van der Waals surface area contributed by atoms with Gasteiger partial charge in [-0.1, -0.05) is 84.9 Å². The van der Waals surface area contributed by atoms with Crippen molar-refractivity contribution in [3.63, 3.8) is 0 Å². The van der Waals surface area contributed by atoms with Crippen molar-refractivity contribution >= 4 is 54.6 Å². The van der Waals surface area contributed by atoms with E-state index in [9.17, 15) is 0 Å². The molecule has 168 valence electrons. The first kappa shape index (κ1) is 19.4. The molecule has 5 aromatic carbocycles. The molecule has 4 nitrogen and oxygen atoms in total. The molecule has 0 unspecified atom stereocenters. The number of fused-ring (bicyclic) bond motifs is 8. The monoisotopic (exact) mass is 461 g/mol. The van der Waals surface area contributed by atoms with Gasteiger partial charge in [0, 0.05) is 32.5 Å². The van der Waals surface area contributed by atoms with E-state index in [-0.39, 0.29) is 0 Å². The molecule has 0 radical (unpaired) electrons. The van der Waals surface area contributed by atoms with E-state index in [1.807, 2.05) is 42.5 Å². The summed E-state index contributed by atoms with van der Waals surface area (Å²) in [7, 11) is 0. The van der Waals surface area contributed by atoms with Crippen LogP contribution >= 0.6 is 0 Å². The standard InChI is InChI=1S/C32H19N3O/c1-2-10-20(11-3-1)31-21-12-4-7-15-24(21)33-32(34-31)35-25-16-8-5-13-22(25)29-26(35)18-19-28-30(29)23-14-6-9-17-27(23)36-28/h1-19H. The lowest BCUT2D eigenvalue weighted by Crippen LogP contribution is -2.03. The molecule has 3 heterocycles. The summed E-state index contributed by atoms with van der Waals surface area (Å²) in [5.74, 6) is 0.658. The Kier molecular flexibility index (Phi) is 3.91. The molecule has 0 saturated carbocycles. The Morgan fingerprint density at radius 3 is 2.11 bits per heavy atom. The van der Waals surface area contributed by atoms with Gasteiger partial charge < -0.3 is 4.42 Å². The van der Waals surface area contributed by atoms with Gasteiger partial charge in [0.1, 0.15) is 11.2 Å². The highest BCUT2D eigenvalue weighted by atomic mass is 16.3. The number of hydrogen-bond donors (Lipinski definition) is 0. The minimum Gasteiger partial charge on any atom is -0.456 e. The molecule has 0 N–H and O–H groups in total. The van der Waals surface area contributed by atoms with Crippen molar-refractivity contribution in [1.29, 1.82) is 0 Å². The van der Waals surface area contributed by atoms with Gasteiger partial charge >= 0.3 is 0 Å². The predicted molar refractivity (Wildman–Crippen MR) is 147 cm³/mol. The fourth-order valence-electron chi connectivity index (χ4n) is 5.47. The number of furan rings is 1. The lowest BCUT2D eigenvalue weighted by Gasteiger charge is -2.11. The topological polar surface area (TPSA) is 43.9 Å². The molecule has 36 heavy (non-hydrogen) atoms. The normalized spacial score (nSPS) is 11.9. The summed E-state index contributed by atoms with van der Waals surface area (Å²) in [6.07, 6.45) is 0. The Hall–Kier alpha value is -4.96. The number of benzene rings is 5. The van der Waals surface area contributed by atoms with E-state index in [1.165, 1.54) is 0 Å². The molecule has 0 aliphatic heterocycles. The van der Waals surface area contributed by atoms with Gasteiger partial charge in [0.15, 0.2) is 0 Å². The lowest BCUT2D eigenvalue weighted by atomic mass is 10.1. The maximum Gasteiger partial charge on any atom is 0.235 e. The molecule has 0 saturated heterocycles. The smallest absolute Gasteiger partial charge is 0.235 e. The first-order chi connectivity index (χ1) is 17.9. The van der Waals surface area contributed by atoms with Gasteiger partial charge in [0.2, 0.25) is 5.95 Å². The van der Waals surface area contributed by atoms with Gasteiger partial charge in [-0.2, -0.15) is 0 Å². The molecule has 0 bridgehead atoms. The third-order valence-corrected chi connectivity index (χ3v) is 7.02. The van der Waals surface area contributed by atoms with Crippen LogP contribution in [0.5, 0.6) is 0 Å². The largest absolute Gasteiger partial charge is 0.456 e. The molecule has 4 heteroatoms. The van der Waals surface area contributed by atoms with Crippen LogP contribution in [-0.4, -0.2) is 14.5 Å². The minimum atomic E-state index is 0.658. The van der Waals surface area contributed by atoms with E-state index in [4.69, 9.17) is 14.4 Å². The van der Waals surface area contributed by atoms with E-state index in [0.717, 1.165) is 65.9 Å². The highest BCUT2D eigenvalue weighted by Crippen LogP contribution is 2.41. The predicted octanol–water partition coefficient (Wildman–Crippen LogP) is 8.29. The number of hydrogen-bond acceptors (Lipinski definition) is 3. The number of rotatable bonds is 2. The number of nitrogens with zero attached hydrogens (tertiary/aromatic N) is 3. The molecule has 0 fully saturated rings. The average molecular weight is 462 g/mol. The van der Waals surface area contributed by atoms with E-state index in [2.05, 4.69) is 77.4 Å². The van der Waals surface area contributed by atoms with Crippen LogP contribution in [0.3, 0.4) is 0 Å². The second-order valence-electron chi connectivity index (χ2n) is 9.04. The van der Waals surface area contributed by atoms with Crippen molar-refractivity contribution in [2.24, 2.45) is 0 Å². The lowest BCUT2D eigenvalue weighted by molar-refractivity contribution is 0.669. The Labute approximate surface area is 206 Å². The van der Waals surface area contributed by atoms with Crippen molar-refractivity contribution in [2.75, 3.05) is 0 Å². The van der Waals surface area contributed by atoms with E-state index < -0.39 is 0 Å². The van der Waals surface area contributed by atoms with Crippen LogP contribution in [-0.2, 0) is 0 Å². The van der Waals surface area contributed by atoms with Gasteiger partial charge in [0.25, 0.3) is 0 Å². The Bertz CT molecular complexity index is 2100. The second kappa shape index (κ2) is 7.27. The summed E-state index contributed by atoms with van der Waals surface area (Å²) in [6, 6.07) is 39.4. The molecule has 0 amide bonds. The van der Waals surface area contributed by atoms with E-state index >= 15 is 0 Å². The maximum atomic E-state index is 6.22. The molecule has 0 spiro atoms. The van der Waals surface area contributed by atoms with Gasteiger partial charge in [-0.05, 0) is 30.3 Å². The zero-order valence-electron chi connectivity index (χ0n) is 19.2. The third-order valence-electron chi connectivity index (χ3n) is 7.02. The van der Waals surface area contributed by atoms with Crippen LogP contribution < -0.4 is 0 Å². The van der Waals surface area contributed by atoms with Gasteiger partial charge in [0.05, 0.1) is 22.2 Å². The Morgan fingerprint density at radius 2 is 1.22 bits per heavy atom. The highest BCUT2D eigenvalue weighted by molar-refractivity contribution is 6.27. The van der Waals surface area contributed by atoms with Crippen LogP contribution in [0, 0.1) is 0 Å². The Morgan fingerprint density at radius 1 is 0.500 bits per heavy atom. The molecular formula is C32H19N3O. The van der Waals surface area contributed by atoms with Gasteiger partial charge in [-0.3, -0.25) is 4.57 Å². The zero-order valence-corrected chi connectivity index (χ0v) is 19.2. The molecule has 0 aliphatic carbocycles. The second-order valence-corrected chi connectivity index (χ2v) is 9.04. The SMILES string of the molecule is c1ccc(-c2nc(-n3c4ccccc4c4c5c(ccc43)oc3ccccc35)nc3ccccc23)cc1. The van der Waals surface area contributed by atoms with Gasteiger partial charge in [-0.25, -0.2) is 9.97 Å². The first-order valence-corrected chi connectivity index (χ1v) is 12.0. The van der Waals surface area contributed by atoms with E-state index in [0.29, 0.717) is 5.95 Å². The van der Waals surface area contributed by atoms with Crippen LogP contribution in [0.25, 0.3) is 71.9 Å². The maximum absolute atomic E-state index is 6.22. The summed E-state index contributed by atoms with van der Waals surface area (Å²) in [6.45, 7) is 0. The van der Waals surface area contributed by atoms with Crippen molar-refractivity contribution in [1.82, 2.24) is 14.5 Å². The molecule has 0 atom stereocenters. The van der Waals surface area contributed by atoms with E-state index in [1.54, 1.807) is 0 Å². The summed E-state index contributed by atoms with van der Waals surface area (Å²) in [5.41, 5.74) is 6.82. The highest BCUT2D eigenvalue weighted by Gasteiger charge is 2.20. The van der Waals surface area contributed by atoms with Crippen molar-refractivity contribution < 1.29 is 4.42 Å². The third kappa shape index (κ3) is 2.64. The number of para-hydroxylation sites is 3. The van der Waals surface area contributed by atoms with Crippen LogP contribution in [0.1, 0.15) is 0 Å². The fraction of sp³-hybridized carbons (Fsp3) is 0. The summed E-state index contributed by atoms with van der Waals surface area (Å²) < 4.78 is 8.40. The summed E-state index contributed by atoms with van der Waals surface area (Å²) >= 11 is 0. The quantitative estimate of drug-likeness (QED) is 0.260. The molecule has 8 rings (SSSR count). The fourth-order valence-corrected chi connectivity index (χ4v) is 5.47. The van der Waals surface area contributed by atoms with Crippen LogP contribution in [0.2, 0.25) is 0 Å². The van der Waals surface area contributed by atoms with Crippen molar-refractivity contribution in [3.8, 4) is 17.2 Å².